The molecular weight excluding hydrogens is 250 g/mol. The summed E-state index contributed by atoms with van der Waals surface area (Å²) in [5, 5.41) is 6.50. The standard InChI is InChI=1S/C11H19N5O3/c1-5-16-7-8(6-12-16)13-9(17)14-15-10(18)19-11(2,3)4/h6-7H,5H2,1-4H3,(H,15,18)(H2,13,14,17). The van der Waals surface area contributed by atoms with E-state index in [1.807, 2.05) is 6.92 Å². The topological polar surface area (TPSA) is 97.3 Å². The second-order valence-electron chi connectivity index (χ2n) is 4.79. The van der Waals surface area contributed by atoms with E-state index < -0.39 is 17.7 Å². The quantitative estimate of drug-likeness (QED) is 0.708. The Hall–Kier alpha value is -2.25. The first-order valence-corrected chi connectivity index (χ1v) is 5.88. The van der Waals surface area contributed by atoms with Crippen LogP contribution >= 0.6 is 0 Å². The Labute approximate surface area is 111 Å². The maximum absolute atomic E-state index is 11.5. The molecule has 19 heavy (non-hydrogen) atoms. The van der Waals surface area contributed by atoms with Crippen molar-refractivity contribution in [3.63, 3.8) is 0 Å². The first-order valence-electron chi connectivity index (χ1n) is 5.88. The fourth-order valence-corrected chi connectivity index (χ4v) is 1.17. The lowest BCUT2D eigenvalue weighted by Gasteiger charge is -2.19. The zero-order valence-electron chi connectivity index (χ0n) is 11.5. The molecule has 1 heterocycles. The number of rotatable bonds is 2. The lowest BCUT2D eigenvalue weighted by atomic mass is 10.2. The molecule has 1 rings (SSSR count). The van der Waals surface area contributed by atoms with Crippen molar-refractivity contribution in [2.75, 3.05) is 5.32 Å². The fourth-order valence-electron chi connectivity index (χ4n) is 1.17. The van der Waals surface area contributed by atoms with Crippen LogP contribution in [0.4, 0.5) is 15.3 Å². The molecule has 1 aromatic heterocycles. The average molecular weight is 269 g/mol. The molecule has 0 spiro atoms. The van der Waals surface area contributed by atoms with Crippen LogP contribution in [-0.4, -0.2) is 27.5 Å². The van der Waals surface area contributed by atoms with E-state index in [1.165, 1.54) is 6.20 Å². The number of hydrogen-bond donors (Lipinski definition) is 3. The second kappa shape index (κ2) is 6.07. The summed E-state index contributed by atoms with van der Waals surface area (Å²) in [6.45, 7) is 7.82. The van der Waals surface area contributed by atoms with Crippen molar-refractivity contribution in [3.8, 4) is 0 Å². The van der Waals surface area contributed by atoms with Gasteiger partial charge in [0.05, 0.1) is 11.9 Å². The van der Waals surface area contributed by atoms with Gasteiger partial charge in [-0.05, 0) is 27.7 Å². The highest BCUT2D eigenvalue weighted by atomic mass is 16.6. The number of anilines is 1. The summed E-state index contributed by atoms with van der Waals surface area (Å²) < 4.78 is 6.61. The van der Waals surface area contributed by atoms with Gasteiger partial charge in [-0.3, -0.25) is 4.68 Å². The van der Waals surface area contributed by atoms with Crippen LogP contribution < -0.4 is 16.2 Å². The molecule has 0 aliphatic carbocycles. The lowest BCUT2D eigenvalue weighted by molar-refractivity contribution is 0.0506. The van der Waals surface area contributed by atoms with Gasteiger partial charge in [-0.15, -0.1) is 0 Å². The summed E-state index contributed by atoms with van der Waals surface area (Å²) in [6.07, 6.45) is 2.45. The molecule has 8 nitrogen and oxygen atoms in total. The Morgan fingerprint density at radius 1 is 1.37 bits per heavy atom. The number of carbonyl (C=O) groups excluding carboxylic acids is 2. The highest BCUT2D eigenvalue weighted by Gasteiger charge is 2.16. The van der Waals surface area contributed by atoms with Crippen molar-refractivity contribution < 1.29 is 14.3 Å². The highest BCUT2D eigenvalue weighted by Crippen LogP contribution is 2.06. The molecule has 0 aliphatic rings. The molecule has 0 fully saturated rings. The molecule has 0 bridgehead atoms. The Kier molecular flexibility index (Phi) is 4.74. The van der Waals surface area contributed by atoms with Gasteiger partial charge in [0.2, 0.25) is 0 Å². The minimum Gasteiger partial charge on any atom is -0.443 e. The number of nitrogens with zero attached hydrogens (tertiary/aromatic N) is 2. The van der Waals surface area contributed by atoms with E-state index in [0.717, 1.165) is 0 Å². The summed E-state index contributed by atoms with van der Waals surface area (Å²) in [6, 6.07) is -0.582. The molecule has 3 amide bonds. The number of hydrazine groups is 1. The van der Waals surface area contributed by atoms with Crippen LogP contribution in [0.3, 0.4) is 0 Å². The van der Waals surface area contributed by atoms with Crippen LogP contribution in [0, 0.1) is 0 Å². The van der Waals surface area contributed by atoms with Gasteiger partial charge in [0.1, 0.15) is 5.60 Å². The van der Waals surface area contributed by atoms with Crippen molar-refractivity contribution in [1.29, 1.82) is 0 Å². The highest BCUT2D eigenvalue weighted by molar-refractivity contribution is 5.89. The molecule has 0 aromatic carbocycles. The van der Waals surface area contributed by atoms with E-state index >= 15 is 0 Å². The third-order valence-electron chi connectivity index (χ3n) is 1.89. The zero-order valence-corrected chi connectivity index (χ0v) is 11.5. The van der Waals surface area contributed by atoms with Gasteiger partial charge in [-0.2, -0.15) is 5.10 Å². The smallest absolute Gasteiger partial charge is 0.426 e. The summed E-state index contributed by atoms with van der Waals surface area (Å²) in [5.41, 5.74) is 4.21. The number of urea groups is 1. The van der Waals surface area contributed by atoms with Crippen LogP contribution in [0.1, 0.15) is 27.7 Å². The summed E-state index contributed by atoms with van der Waals surface area (Å²) in [7, 11) is 0. The Bertz CT molecular complexity index is 449. The Balaban J connectivity index is 2.34. The predicted molar refractivity (Wildman–Crippen MR) is 69.4 cm³/mol. The lowest BCUT2D eigenvalue weighted by Crippen LogP contribution is -2.46. The number of aromatic nitrogens is 2. The normalized spacial score (nSPS) is 10.7. The van der Waals surface area contributed by atoms with Gasteiger partial charge in [0.25, 0.3) is 0 Å². The summed E-state index contributed by atoms with van der Waals surface area (Å²) >= 11 is 0. The molecule has 0 aliphatic heterocycles. The monoisotopic (exact) mass is 269 g/mol. The van der Waals surface area contributed by atoms with E-state index in [1.54, 1.807) is 31.6 Å². The minimum absolute atomic E-state index is 0.533. The summed E-state index contributed by atoms with van der Waals surface area (Å²) in [4.78, 5) is 22.7. The van der Waals surface area contributed by atoms with Crippen LogP contribution in [0.25, 0.3) is 0 Å². The van der Waals surface area contributed by atoms with Gasteiger partial charge in [0.15, 0.2) is 0 Å². The number of aryl methyl sites for hydroxylation is 1. The Morgan fingerprint density at radius 3 is 2.58 bits per heavy atom. The number of hydrogen-bond acceptors (Lipinski definition) is 4. The van der Waals surface area contributed by atoms with E-state index in [-0.39, 0.29) is 0 Å². The average Bonchev–Trinajstić information content (AvgIpc) is 2.72. The van der Waals surface area contributed by atoms with Crippen LogP contribution in [0.15, 0.2) is 12.4 Å². The minimum atomic E-state index is -0.730. The van der Waals surface area contributed by atoms with E-state index in [2.05, 4.69) is 21.3 Å². The molecule has 0 saturated carbocycles. The SMILES string of the molecule is CCn1cc(NC(=O)NNC(=O)OC(C)(C)C)cn1. The first kappa shape index (κ1) is 14.8. The molecule has 0 atom stereocenters. The van der Waals surface area contributed by atoms with Gasteiger partial charge in [0, 0.05) is 12.7 Å². The molecule has 1 aromatic rings. The van der Waals surface area contributed by atoms with Crippen molar-refractivity contribution >= 4 is 17.8 Å². The first-order chi connectivity index (χ1) is 8.80. The van der Waals surface area contributed by atoms with Gasteiger partial charge in [-0.25, -0.2) is 20.4 Å². The number of nitrogens with one attached hydrogen (secondary N) is 3. The van der Waals surface area contributed by atoms with Crippen molar-refractivity contribution in [2.45, 2.75) is 39.8 Å². The number of ether oxygens (including phenoxy) is 1. The molecule has 0 unspecified atom stereocenters. The predicted octanol–water partition coefficient (Wildman–Crippen LogP) is 1.46. The van der Waals surface area contributed by atoms with Crippen LogP contribution in [0.5, 0.6) is 0 Å². The molecular formula is C11H19N5O3. The second-order valence-corrected chi connectivity index (χ2v) is 4.79. The van der Waals surface area contributed by atoms with Gasteiger partial charge < -0.3 is 10.1 Å². The maximum atomic E-state index is 11.5. The number of amides is 3. The van der Waals surface area contributed by atoms with E-state index in [4.69, 9.17) is 4.74 Å². The van der Waals surface area contributed by atoms with E-state index in [0.29, 0.717) is 12.2 Å². The Morgan fingerprint density at radius 2 is 2.05 bits per heavy atom. The fraction of sp³-hybridized carbons (Fsp3) is 0.545. The van der Waals surface area contributed by atoms with Crippen molar-refractivity contribution in [1.82, 2.24) is 20.6 Å². The molecule has 106 valence electrons. The molecule has 3 N–H and O–H groups in total. The van der Waals surface area contributed by atoms with Crippen molar-refractivity contribution in [3.05, 3.63) is 12.4 Å². The molecule has 8 heteroatoms. The van der Waals surface area contributed by atoms with E-state index in [9.17, 15) is 9.59 Å². The molecule has 0 saturated heterocycles. The van der Waals surface area contributed by atoms with Gasteiger partial charge in [-0.1, -0.05) is 0 Å². The zero-order chi connectivity index (χ0) is 14.5. The van der Waals surface area contributed by atoms with Crippen LogP contribution in [-0.2, 0) is 11.3 Å². The van der Waals surface area contributed by atoms with Crippen molar-refractivity contribution in [2.24, 2.45) is 0 Å². The van der Waals surface area contributed by atoms with Gasteiger partial charge >= 0.3 is 12.1 Å². The summed E-state index contributed by atoms with van der Waals surface area (Å²) in [5.74, 6) is 0. The maximum Gasteiger partial charge on any atom is 0.426 e. The third-order valence-corrected chi connectivity index (χ3v) is 1.89. The molecule has 0 radical (unpaired) electrons. The number of carbonyl (C=O) groups is 2. The van der Waals surface area contributed by atoms with Crippen LogP contribution in [0.2, 0.25) is 0 Å². The largest absolute Gasteiger partial charge is 0.443 e. The third kappa shape index (κ3) is 5.75.